The maximum Gasteiger partial charge on any atom is 0.184 e. The molecule has 0 bridgehead atoms. The van der Waals surface area contributed by atoms with Gasteiger partial charge < -0.3 is 4.74 Å². The average molecular weight is 437 g/mol. The van der Waals surface area contributed by atoms with Crippen LogP contribution in [0.4, 0.5) is 0 Å². The molecule has 2 heteroatoms. The summed E-state index contributed by atoms with van der Waals surface area (Å²) in [4.78, 5) is 0. The van der Waals surface area contributed by atoms with Gasteiger partial charge in [-0.2, -0.15) is 0 Å². The highest BCUT2D eigenvalue weighted by Crippen LogP contribution is 2.18. The second kappa shape index (κ2) is 17.5. The van der Waals surface area contributed by atoms with Crippen LogP contribution in [0.1, 0.15) is 103 Å². The molecule has 0 spiro atoms. The summed E-state index contributed by atoms with van der Waals surface area (Å²) in [5, 5.41) is 0. The molecule has 1 unspecified atom stereocenters. The molecular weight excluding hydrogens is 390 g/mol. The first-order valence-electron chi connectivity index (χ1n) is 13.2. The van der Waals surface area contributed by atoms with Crippen molar-refractivity contribution in [1.82, 2.24) is 0 Å². The number of hydrogen-bond donors (Lipinski definition) is 0. The van der Waals surface area contributed by atoms with Gasteiger partial charge in [0, 0.05) is 12.1 Å². The fraction of sp³-hybridized carbons (Fsp3) is 0.567. The zero-order valence-electron chi connectivity index (χ0n) is 20.7. The minimum atomic E-state index is 0.179. The standard InChI is InChI=1S/C30H46NO/c1-3-5-6-7-8-9-10-11-12-13-14-15-17-21-28-22-20-23-30(26-28)32-29(4-2)27-31-24-18-16-19-25-31/h16-26,29H,3-15,27H2,1-2H3/q+1. The van der Waals surface area contributed by atoms with E-state index in [2.05, 4.69) is 79.4 Å². The molecule has 1 aromatic heterocycles. The van der Waals surface area contributed by atoms with Crippen LogP contribution in [0.25, 0.3) is 6.08 Å². The Morgan fingerprint density at radius 2 is 1.44 bits per heavy atom. The van der Waals surface area contributed by atoms with Crippen LogP contribution in [0.3, 0.4) is 0 Å². The van der Waals surface area contributed by atoms with Crippen molar-refractivity contribution in [2.24, 2.45) is 0 Å². The van der Waals surface area contributed by atoms with Gasteiger partial charge >= 0.3 is 0 Å². The van der Waals surface area contributed by atoms with Gasteiger partial charge in [0.2, 0.25) is 0 Å². The second-order valence-electron chi connectivity index (χ2n) is 9.02. The quantitative estimate of drug-likeness (QED) is 0.168. The topological polar surface area (TPSA) is 13.1 Å². The van der Waals surface area contributed by atoms with Crippen molar-refractivity contribution in [3.63, 3.8) is 0 Å². The Labute approximate surface area is 197 Å². The Kier molecular flexibility index (Phi) is 14.3. The highest BCUT2D eigenvalue weighted by atomic mass is 16.5. The SMILES string of the molecule is CCCCCCCCCCCCCC=Cc1cccc(OC(CC)C[n+]2ccccc2)c1. The van der Waals surface area contributed by atoms with E-state index in [1.165, 1.54) is 82.6 Å². The van der Waals surface area contributed by atoms with Crippen molar-refractivity contribution in [3.05, 3.63) is 66.5 Å². The first kappa shape index (κ1) is 26.2. The molecule has 0 radical (unpaired) electrons. The number of unbranched alkanes of at least 4 members (excludes halogenated alkanes) is 11. The summed E-state index contributed by atoms with van der Waals surface area (Å²) in [5.74, 6) is 0.963. The summed E-state index contributed by atoms with van der Waals surface area (Å²) < 4.78 is 8.46. The van der Waals surface area contributed by atoms with E-state index in [1.807, 2.05) is 6.07 Å². The molecule has 0 N–H and O–H groups in total. The van der Waals surface area contributed by atoms with Crippen molar-refractivity contribution in [2.75, 3.05) is 0 Å². The van der Waals surface area contributed by atoms with E-state index < -0.39 is 0 Å². The number of nitrogens with zero attached hydrogens (tertiary/aromatic N) is 1. The van der Waals surface area contributed by atoms with Crippen molar-refractivity contribution in [2.45, 2.75) is 110 Å². The monoisotopic (exact) mass is 436 g/mol. The van der Waals surface area contributed by atoms with Crippen molar-refractivity contribution in [3.8, 4) is 5.75 Å². The molecule has 1 aromatic carbocycles. The molecule has 176 valence electrons. The molecule has 2 aromatic rings. The van der Waals surface area contributed by atoms with Gasteiger partial charge in [-0.25, -0.2) is 4.57 Å². The Morgan fingerprint density at radius 1 is 0.781 bits per heavy atom. The lowest BCUT2D eigenvalue weighted by atomic mass is 10.1. The van der Waals surface area contributed by atoms with Gasteiger partial charge in [0.15, 0.2) is 25.0 Å². The van der Waals surface area contributed by atoms with Crippen LogP contribution >= 0.6 is 0 Å². The third-order valence-corrected chi connectivity index (χ3v) is 6.09. The van der Waals surface area contributed by atoms with Gasteiger partial charge in [-0.05, 0) is 37.0 Å². The molecule has 0 aliphatic rings. The van der Waals surface area contributed by atoms with Crippen molar-refractivity contribution >= 4 is 6.08 Å². The molecule has 32 heavy (non-hydrogen) atoms. The maximum atomic E-state index is 6.27. The van der Waals surface area contributed by atoms with Gasteiger partial charge in [0.25, 0.3) is 0 Å². The molecular formula is C30H46NO+. The average Bonchev–Trinajstić information content (AvgIpc) is 2.82. The lowest BCUT2D eigenvalue weighted by molar-refractivity contribution is -0.702. The van der Waals surface area contributed by atoms with Gasteiger partial charge in [0.05, 0.1) is 0 Å². The zero-order chi connectivity index (χ0) is 22.7. The molecule has 0 amide bonds. The predicted molar refractivity (Wildman–Crippen MR) is 138 cm³/mol. The molecule has 2 nitrogen and oxygen atoms in total. The van der Waals surface area contributed by atoms with Gasteiger partial charge in [0.1, 0.15) is 5.75 Å². The maximum absolute atomic E-state index is 6.27. The molecule has 0 saturated heterocycles. The van der Waals surface area contributed by atoms with E-state index in [0.29, 0.717) is 0 Å². The minimum Gasteiger partial charge on any atom is -0.484 e. The zero-order valence-corrected chi connectivity index (χ0v) is 20.7. The molecule has 1 atom stereocenters. The Balaban J connectivity index is 1.60. The summed E-state index contributed by atoms with van der Waals surface area (Å²) in [7, 11) is 0. The summed E-state index contributed by atoms with van der Waals surface area (Å²) in [6.07, 6.45) is 26.5. The second-order valence-corrected chi connectivity index (χ2v) is 9.02. The highest BCUT2D eigenvalue weighted by Gasteiger charge is 2.13. The number of allylic oxidation sites excluding steroid dienone is 1. The smallest absolute Gasteiger partial charge is 0.184 e. The molecule has 1 heterocycles. The number of hydrogen-bond acceptors (Lipinski definition) is 1. The van der Waals surface area contributed by atoms with E-state index in [1.54, 1.807) is 0 Å². The molecule has 0 aliphatic carbocycles. The number of benzene rings is 1. The van der Waals surface area contributed by atoms with Crippen LogP contribution in [0.15, 0.2) is 60.9 Å². The summed E-state index contributed by atoms with van der Waals surface area (Å²) in [6, 6.07) is 14.7. The first-order valence-corrected chi connectivity index (χ1v) is 13.2. The highest BCUT2D eigenvalue weighted by molar-refractivity contribution is 5.51. The van der Waals surface area contributed by atoms with Crippen LogP contribution in [-0.4, -0.2) is 6.10 Å². The van der Waals surface area contributed by atoms with Crippen LogP contribution in [-0.2, 0) is 6.54 Å². The summed E-state index contributed by atoms with van der Waals surface area (Å²) in [6.45, 7) is 5.34. The van der Waals surface area contributed by atoms with Crippen LogP contribution in [0.5, 0.6) is 5.75 Å². The predicted octanol–water partition coefficient (Wildman–Crippen LogP) is 8.55. The van der Waals surface area contributed by atoms with Crippen molar-refractivity contribution in [1.29, 1.82) is 0 Å². The van der Waals surface area contributed by atoms with Crippen LogP contribution in [0, 0.1) is 0 Å². The van der Waals surface area contributed by atoms with E-state index in [4.69, 9.17) is 4.74 Å². The van der Waals surface area contributed by atoms with Gasteiger partial charge in [-0.3, -0.25) is 0 Å². The van der Waals surface area contributed by atoms with E-state index in [9.17, 15) is 0 Å². The number of ether oxygens (including phenoxy) is 1. The van der Waals surface area contributed by atoms with Crippen LogP contribution in [0.2, 0.25) is 0 Å². The van der Waals surface area contributed by atoms with E-state index >= 15 is 0 Å². The number of rotatable bonds is 18. The van der Waals surface area contributed by atoms with Crippen molar-refractivity contribution < 1.29 is 9.30 Å². The van der Waals surface area contributed by atoms with E-state index in [0.717, 1.165) is 18.7 Å². The lowest BCUT2D eigenvalue weighted by Gasteiger charge is -2.15. The third kappa shape index (κ3) is 12.1. The minimum absolute atomic E-state index is 0.179. The van der Waals surface area contributed by atoms with Gasteiger partial charge in [-0.15, -0.1) is 0 Å². The summed E-state index contributed by atoms with van der Waals surface area (Å²) >= 11 is 0. The number of aromatic nitrogens is 1. The summed E-state index contributed by atoms with van der Waals surface area (Å²) in [5.41, 5.74) is 1.23. The molecule has 0 fully saturated rings. The Morgan fingerprint density at radius 3 is 2.09 bits per heavy atom. The lowest BCUT2D eigenvalue weighted by Crippen LogP contribution is -2.41. The first-order chi connectivity index (χ1) is 15.8. The molecule has 0 saturated carbocycles. The van der Waals surface area contributed by atoms with E-state index in [-0.39, 0.29) is 6.10 Å². The number of pyridine rings is 1. The Hall–Kier alpha value is -2.09. The fourth-order valence-corrected chi connectivity index (χ4v) is 4.07. The van der Waals surface area contributed by atoms with Crippen LogP contribution < -0.4 is 9.30 Å². The molecule has 2 rings (SSSR count). The third-order valence-electron chi connectivity index (χ3n) is 6.09. The largest absolute Gasteiger partial charge is 0.484 e. The van der Waals surface area contributed by atoms with Gasteiger partial charge in [-0.1, -0.05) is 108 Å². The normalized spacial score (nSPS) is 12.3. The fourth-order valence-electron chi connectivity index (χ4n) is 4.07. The Bertz CT molecular complexity index is 725. The molecule has 0 aliphatic heterocycles.